The Bertz CT molecular complexity index is 953. The van der Waals surface area contributed by atoms with Crippen molar-refractivity contribution in [3.05, 3.63) is 35.4 Å². The van der Waals surface area contributed by atoms with Crippen LogP contribution in [-0.2, 0) is 9.59 Å². The van der Waals surface area contributed by atoms with E-state index in [-0.39, 0.29) is 34.5 Å². The standard InChI is InChI=1S/C36H64N6O4/c1-7-11-19-35(5,17-9-3)33(45)41-27-23-37-21-25-39-31(43)29-13-15-30(16-14-29)32(44)40-26-22-38-24-28-42-34(46)36(6,18-10-4)20-12-8-2/h13-16,37-38H,7-12,17-28H2,1-6H3,(H,39,43)(H,40,44)(H,41,45)(H,42,46). The van der Waals surface area contributed by atoms with E-state index in [1.54, 1.807) is 24.3 Å². The topological polar surface area (TPSA) is 140 Å². The first-order valence-electron chi connectivity index (χ1n) is 17.7. The van der Waals surface area contributed by atoms with Crippen molar-refractivity contribution in [3.8, 4) is 0 Å². The van der Waals surface area contributed by atoms with Gasteiger partial charge in [-0.15, -0.1) is 0 Å². The second-order valence-corrected chi connectivity index (χ2v) is 12.9. The van der Waals surface area contributed by atoms with E-state index in [2.05, 4.69) is 73.4 Å². The van der Waals surface area contributed by atoms with Crippen molar-refractivity contribution in [1.82, 2.24) is 31.9 Å². The van der Waals surface area contributed by atoms with Gasteiger partial charge in [0.05, 0.1) is 0 Å². The summed E-state index contributed by atoms with van der Waals surface area (Å²) in [6.07, 6.45) is 9.85. The molecule has 46 heavy (non-hydrogen) atoms. The van der Waals surface area contributed by atoms with Crippen LogP contribution in [0.3, 0.4) is 0 Å². The summed E-state index contributed by atoms with van der Waals surface area (Å²) in [6.45, 7) is 17.1. The van der Waals surface area contributed by atoms with Crippen LogP contribution < -0.4 is 31.9 Å². The van der Waals surface area contributed by atoms with Crippen molar-refractivity contribution < 1.29 is 19.2 Å². The number of unbranched alkanes of at least 4 members (excludes halogenated alkanes) is 2. The Morgan fingerprint density at radius 1 is 0.478 bits per heavy atom. The first-order chi connectivity index (χ1) is 22.1. The first kappa shape index (κ1) is 41.0. The summed E-state index contributed by atoms with van der Waals surface area (Å²) in [5.74, 6) is -0.163. The van der Waals surface area contributed by atoms with Crippen LogP contribution in [0.1, 0.15) is 126 Å². The van der Waals surface area contributed by atoms with Gasteiger partial charge in [0.25, 0.3) is 11.8 Å². The minimum absolute atomic E-state index is 0.122. The molecule has 1 rings (SSSR count). The van der Waals surface area contributed by atoms with Gasteiger partial charge in [0.1, 0.15) is 0 Å². The van der Waals surface area contributed by atoms with Crippen molar-refractivity contribution in [1.29, 1.82) is 0 Å². The van der Waals surface area contributed by atoms with Gasteiger partial charge in [0, 0.05) is 74.3 Å². The molecule has 6 N–H and O–H groups in total. The van der Waals surface area contributed by atoms with E-state index < -0.39 is 0 Å². The van der Waals surface area contributed by atoms with E-state index in [4.69, 9.17) is 0 Å². The molecule has 2 unspecified atom stereocenters. The highest BCUT2D eigenvalue weighted by Gasteiger charge is 2.32. The molecule has 1 aromatic carbocycles. The SMILES string of the molecule is CCCCC(C)(CCC)C(=O)NCCNCCNC(=O)c1ccc(C(=O)NCCNCCNC(=O)C(C)(CCC)CCCC)cc1. The largest absolute Gasteiger partial charge is 0.354 e. The van der Waals surface area contributed by atoms with Gasteiger partial charge in [0.15, 0.2) is 0 Å². The Morgan fingerprint density at radius 3 is 1.11 bits per heavy atom. The minimum Gasteiger partial charge on any atom is -0.354 e. The average Bonchev–Trinajstić information content (AvgIpc) is 3.05. The monoisotopic (exact) mass is 644 g/mol. The highest BCUT2D eigenvalue weighted by atomic mass is 16.2. The molecule has 0 aliphatic rings. The third kappa shape index (κ3) is 15.5. The van der Waals surface area contributed by atoms with Crippen molar-refractivity contribution in [2.45, 2.75) is 106 Å². The van der Waals surface area contributed by atoms with Crippen molar-refractivity contribution >= 4 is 23.6 Å². The number of rotatable bonds is 26. The Hall–Kier alpha value is -2.98. The summed E-state index contributed by atoms with van der Waals surface area (Å²) in [6, 6.07) is 6.58. The van der Waals surface area contributed by atoms with Gasteiger partial charge in [-0.25, -0.2) is 0 Å². The summed E-state index contributed by atoms with van der Waals surface area (Å²) in [7, 11) is 0. The zero-order valence-corrected chi connectivity index (χ0v) is 29.7. The highest BCUT2D eigenvalue weighted by Crippen LogP contribution is 2.31. The summed E-state index contributed by atoms with van der Waals surface area (Å²) in [5.41, 5.74) is 0.356. The average molecular weight is 645 g/mol. The fourth-order valence-electron chi connectivity index (χ4n) is 5.65. The van der Waals surface area contributed by atoms with Crippen LogP contribution in [0.2, 0.25) is 0 Å². The van der Waals surface area contributed by atoms with E-state index in [0.29, 0.717) is 63.5 Å². The zero-order chi connectivity index (χ0) is 34.3. The molecule has 4 amide bonds. The van der Waals surface area contributed by atoms with E-state index in [1.165, 1.54) is 0 Å². The molecule has 0 saturated heterocycles. The Labute approximate surface area is 278 Å². The predicted molar refractivity (Wildman–Crippen MR) is 188 cm³/mol. The van der Waals surface area contributed by atoms with E-state index in [1.807, 2.05) is 0 Å². The number of nitrogens with one attached hydrogen (secondary N) is 6. The number of carbonyl (C=O) groups excluding carboxylic acids is 4. The van der Waals surface area contributed by atoms with Crippen LogP contribution in [0.4, 0.5) is 0 Å². The van der Waals surface area contributed by atoms with Crippen LogP contribution in [0, 0.1) is 10.8 Å². The fraction of sp³-hybridized carbons (Fsp3) is 0.722. The smallest absolute Gasteiger partial charge is 0.251 e. The Morgan fingerprint density at radius 2 is 0.804 bits per heavy atom. The van der Waals surface area contributed by atoms with Gasteiger partial charge in [-0.2, -0.15) is 0 Å². The number of carbonyl (C=O) groups is 4. The summed E-state index contributed by atoms with van der Waals surface area (Å²) in [4.78, 5) is 50.4. The molecule has 0 aliphatic carbocycles. The third-order valence-electron chi connectivity index (χ3n) is 8.62. The maximum absolute atomic E-state index is 12.7. The van der Waals surface area contributed by atoms with E-state index >= 15 is 0 Å². The van der Waals surface area contributed by atoms with Gasteiger partial charge in [-0.3, -0.25) is 19.2 Å². The lowest BCUT2D eigenvalue weighted by Gasteiger charge is -2.28. The summed E-state index contributed by atoms with van der Waals surface area (Å²) < 4.78 is 0. The first-order valence-corrected chi connectivity index (χ1v) is 17.7. The van der Waals surface area contributed by atoms with E-state index in [9.17, 15) is 19.2 Å². The Balaban J connectivity index is 2.25. The van der Waals surface area contributed by atoms with E-state index in [0.717, 1.165) is 64.2 Å². The molecular formula is C36H64N6O4. The zero-order valence-electron chi connectivity index (χ0n) is 29.7. The van der Waals surface area contributed by atoms with Crippen molar-refractivity contribution in [3.63, 3.8) is 0 Å². The van der Waals surface area contributed by atoms with Crippen molar-refractivity contribution in [2.75, 3.05) is 52.4 Å². The van der Waals surface area contributed by atoms with Crippen molar-refractivity contribution in [2.24, 2.45) is 10.8 Å². The van der Waals surface area contributed by atoms with Gasteiger partial charge >= 0.3 is 0 Å². The number of hydrogen-bond donors (Lipinski definition) is 6. The normalized spacial score (nSPS) is 13.7. The molecular weight excluding hydrogens is 580 g/mol. The number of amides is 4. The molecule has 0 aromatic heterocycles. The molecule has 0 fully saturated rings. The molecule has 10 heteroatoms. The molecule has 1 aromatic rings. The molecule has 10 nitrogen and oxygen atoms in total. The second kappa shape index (κ2) is 23.4. The van der Waals surface area contributed by atoms with Gasteiger partial charge in [-0.1, -0.05) is 80.1 Å². The highest BCUT2D eigenvalue weighted by molar-refractivity contribution is 5.97. The second-order valence-electron chi connectivity index (χ2n) is 12.9. The molecule has 0 saturated carbocycles. The van der Waals surface area contributed by atoms with Crippen LogP contribution in [-0.4, -0.2) is 76.0 Å². The molecule has 0 bridgehead atoms. The minimum atomic E-state index is -0.308. The number of benzene rings is 1. The molecule has 2 atom stereocenters. The van der Waals surface area contributed by atoms with Gasteiger partial charge in [-0.05, 0) is 49.9 Å². The lowest BCUT2D eigenvalue weighted by molar-refractivity contribution is -0.131. The van der Waals surface area contributed by atoms with Crippen LogP contribution in [0.5, 0.6) is 0 Å². The lowest BCUT2D eigenvalue weighted by atomic mass is 9.80. The summed E-state index contributed by atoms with van der Waals surface area (Å²) >= 11 is 0. The number of hydrogen-bond acceptors (Lipinski definition) is 6. The van der Waals surface area contributed by atoms with Crippen LogP contribution >= 0.6 is 0 Å². The van der Waals surface area contributed by atoms with Gasteiger partial charge in [0.2, 0.25) is 11.8 Å². The fourth-order valence-corrected chi connectivity index (χ4v) is 5.65. The molecule has 0 radical (unpaired) electrons. The quantitative estimate of drug-likeness (QED) is 0.0818. The molecule has 262 valence electrons. The maximum Gasteiger partial charge on any atom is 0.251 e. The molecule has 0 heterocycles. The lowest BCUT2D eigenvalue weighted by Crippen LogP contribution is -2.42. The Kier molecular flexibility index (Phi) is 20.8. The van der Waals surface area contributed by atoms with Gasteiger partial charge < -0.3 is 31.9 Å². The molecule has 0 aliphatic heterocycles. The molecule has 0 spiro atoms. The maximum atomic E-state index is 12.7. The predicted octanol–water partition coefficient (Wildman–Crippen LogP) is 4.55. The van der Waals surface area contributed by atoms with Crippen LogP contribution in [0.25, 0.3) is 0 Å². The third-order valence-corrected chi connectivity index (χ3v) is 8.62. The van der Waals surface area contributed by atoms with Crippen LogP contribution in [0.15, 0.2) is 24.3 Å². The summed E-state index contributed by atoms with van der Waals surface area (Å²) in [5, 5.41) is 18.4.